The summed E-state index contributed by atoms with van der Waals surface area (Å²) in [7, 11) is 0. The maximum Gasteiger partial charge on any atom is 0.227 e. The van der Waals surface area contributed by atoms with Gasteiger partial charge >= 0.3 is 0 Å². The van der Waals surface area contributed by atoms with Crippen molar-refractivity contribution in [3.8, 4) is 0 Å². The molecule has 3 aliphatic rings. The Labute approximate surface area is 165 Å². The molecule has 2 amide bonds. The summed E-state index contributed by atoms with van der Waals surface area (Å²) < 4.78 is 0. The maximum atomic E-state index is 13.1. The zero-order valence-corrected chi connectivity index (χ0v) is 17.3. The van der Waals surface area contributed by atoms with Gasteiger partial charge in [0.15, 0.2) is 0 Å². The third-order valence-electron chi connectivity index (χ3n) is 6.73. The van der Waals surface area contributed by atoms with Gasteiger partial charge in [0.05, 0.1) is 5.92 Å². The van der Waals surface area contributed by atoms with Gasteiger partial charge in [0.25, 0.3) is 0 Å². The van der Waals surface area contributed by atoms with E-state index < -0.39 is 0 Å². The standard InChI is InChI=1S/C22H39N3O2/c1-2-8-21(26)25-13-6-11-20(18-25)22(27)24-14-7-12-23(15-16-24)17-19-9-4-3-5-10-19/h19-20H,2-18H2,1H3. The maximum absolute atomic E-state index is 13.1. The van der Waals surface area contributed by atoms with Crippen molar-refractivity contribution in [2.75, 3.05) is 45.8 Å². The summed E-state index contributed by atoms with van der Waals surface area (Å²) in [5.74, 6) is 1.41. The molecule has 0 aromatic heterocycles. The Morgan fingerprint density at radius 1 is 0.815 bits per heavy atom. The fraction of sp³-hybridized carbons (Fsp3) is 0.909. The number of likely N-dealkylation sites (tertiary alicyclic amines) is 1. The summed E-state index contributed by atoms with van der Waals surface area (Å²) in [6.45, 7) is 8.65. The minimum atomic E-state index is 0.0180. The summed E-state index contributed by atoms with van der Waals surface area (Å²) in [5.41, 5.74) is 0. The van der Waals surface area contributed by atoms with Crippen LogP contribution in [-0.2, 0) is 9.59 Å². The first-order chi connectivity index (χ1) is 13.2. The largest absolute Gasteiger partial charge is 0.342 e. The van der Waals surface area contributed by atoms with Crippen molar-refractivity contribution in [3.63, 3.8) is 0 Å². The molecule has 1 unspecified atom stereocenters. The molecule has 0 aromatic rings. The van der Waals surface area contributed by atoms with E-state index in [2.05, 4.69) is 9.80 Å². The third kappa shape index (κ3) is 5.94. The van der Waals surface area contributed by atoms with Gasteiger partial charge in [-0.05, 0) is 51.0 Å². The molecular formula is C22H39N3O2. The van der Waals surface area contributed by atoms with Crippen LogP contribution >= 0.6 is 0 Å². The normalized spacial score (nSPS) is 26.0. The Bertz CT molecular complexity index is 490. The molecule has 2 saturated heterocycles. The Morgan fingerprint density at radius 3 is 2.37 bits per heavy atom. The first-order valence-corrected chi connectivity index (χ1v) is 11.5. The SMILES string of the molecule is CCCC(=O)N1CCCC(C(=O)N2CCCN(CC3CCCCC3)CC2)C1. The lowest BCUT2D eigenvalue weighted by Crippen LogP contribution is -2.47. The predicted octanol–water partition coefficient (Wildman–Crippen LogP) is 3.14. The molecule has 0 radical (unpaired) electrons. The van der Waals surface area contributed by atoms with Crippen LogP contribution in [0.5, 0.6) is 0 Å². The van der Waals surface area contributed by atoms with Crippen LogP contribution in [0, 0.1) is 11.8 Å². The van der Waals surface area contributed by atoms with Crippen LogP contribution in [0.15, 0.2) is 0 Å². The van der Waals surface area contributed by atoms with E-state index in [1.165, 1.54) is 38.6 Å². The van der Waals surface area contributed by atoms with Gasteiger partial charge in [-0.3, -0.25) is 9.59 Å². The average molecular weight is 378 g/mol. The molecule has 3 rings (SSSR count). The quantitative estimate of drug-likeness (QED) is 0.739. The van der Waals surface area contributed by atoms with Gasteiger partial charge in [-0.2, -0.15) is 0 Å². The van der Waals surface area contributed by atoms with Crippen molar-refractivity contribution in [3.05, 3.63) is 0 Å². The van der Waals surface area contributed by atoms with E-state index in [4.69, 9.17) is 0 Å². The molecule has 2 aliphatic heterocycles. The van der Waals surface area contributed by atoms with E-state index in [0.29, 0.717) is 18.9 Å². The average Bonchev–Trinajstić information content (AvgIpc) is 2.94. The Kier molecular flexibility index (Phi) is 7.98. The van der Waals surface area contributed by atoms with Crippen LogP contribution in [0.2, 0.25) is 0 Å². The molecule has 5 heteroatoms. The topological polar surface area (TPSA) is 43.9 Å². The number of nitrogens with zero attached hydrogens (tertiary/aromatic N) is 3. The lowest BCUT2D eigenvalue weighted by atomic mass is 9.89. The summed E-state index contributed by atoms with van der Waals surface area (Å²) in [4.78, 5) is 32.0. The fourth-order valence-electron chi connectivity index (χ4n) is 5.14. The number of rotatable bonds is 5. The molecule has 154 valence electrons. The second kappa shape index (κ2) is 10.4. The number of hydrogen-bond donors (Lipinski definition) is 0. The van der Waals surface area contributed by atoms with Crippen LogP contribution in [-0.4, -0.2) is 72.3 Å². The summed E-state index contributed by atoms with van der Waals surface area (Å²) in [5, 5.41) is 0. The van der Waals surface area contributed by atoms with E-state index in [0.717, 1.165) is 64.3 Å². The summed E-state index contributed by atoms with van der Waals surface area (Å²) >= 11 is 0. The molecule has 1 aliphatic carbocycles. The highest BCUT2D eigenvalue weighted by molar-refractivity contribution is 5.81. The molecule has 0 bridgehead atoms. The summed E-state index contributed by atoms with van der Waals surface area (Å²) in [6.07, 6.45) is 11.5. The van der Waals surface area contributed by atoms with Crippen LogP contribution in [0.3, 0.4) is 0 Å². The zero-order valence-electron chi connectivity index (χ0n) is 17.3. The molecule has 2 heterocycles. The molecule has 0 spiro atoms. The Morgan fingerprint density at radius 2 is 1.59 bits per heavy atom. The summed E-state index contributed by atoms with van der Waals surface area (Å²) in [6, 6.07) is 0. The van der Waals surface area contributed by atoms with E-state index in [1.807, 2.05) is 11.8 Å². The number of amides is 2. The Balaban J connectivity index is 1.47. The van der Waals surface area contributed by atoms with Gasteiger partial charge in [0.2, 0.25) is 11.8 Å². The second-order valence-corrected chi connectivity index (χ2v) is 8.91. The second-order valence-electron chi connectivity index (χ2n) is 8.91. The predicted molar refractivity (Wildman–Crippen MR) is 108 cm³/mol. The first kappa shape index (κ1) is 20.6. The zero-order chi connectivity index (χ0) is 19.1. The highest BCUT2D eigenvalue weighted by Crippen LogP contribution is 2.25. The monoisotopic (exact) mass is 377 g/mol. The lowest BCUT2D eigenvalue weighted by Gasteiger charge is -2.35. The van der Waals surface area contributed by atoms with Crippen LogP contribution in [0.25, 0.3) is 0 Å². The third-order valence-corrected chi connectivity index (χ3v) is 6.73. The van der Waals surface area contributed by atoms with E-state index in [1.54, 1.807) is 0 Å². The van der Waals surface area contributed by atoms with Crippen molar-refractivity contribution < 1.29 is 9.59 Å². The van der Waals surface area contributed by atoms with Gasteiger partial charge in [-0.25, -0.2) is 0 Å². The molecule has 3 fully saturated rings. The van der Waals surface area contributed by atoms with E-state index in [9.17, 15) is 9.59 Å². The van der Waals surface area contributed by atoms with Crippen molar-refractivity contribution in [2.45, 2.75) is 71.1 Å². The molecular weight excluding hydrogens is 338 g/mol. The van der Waals surface area contributed by atoms with Gasteiger partial charge in [0, 0.05) is 45.7 Å². The number of carbonyl (C=O) groups excluding carboxylic acids is 2. The van der Waals surface area contributed by atoms with Gasteiger partial charge < -0.3 is 14.7 Å². The minimum Gasteiger partial charge on any atom is -0.342 e. The van der Waals surface area contributed by atoms with Gasteiger partial charge in [-0.15, -0.1) is 0 Å². The van der Waals surface area contributed by atoms with E-state index in [-0.39, 0.29) is 11.8 Å². The van der Waals surface area contributed by atoms with Crippen LogP contribution in [0.1, 0.15) is 71.1 Å². The highest BCUT2D eigenvalue weighted by Gasteiger charge is 2.32. The minimum absolute atomic E-state index is 0.0180. The van der Waals surface area contributed by atoms with Crippen molar-refractivity contribution in [1.29, 1.82) is 0 Å². The molecule has 27 heavy (non-hydrogen) atoms. The van der Waals surface area contributed by atoms with Crippen LogP contribution < -0.4 is 0 Å². The lowest BCUT2D eigenvalue weighted by molar-refractivity contribution is -0.140. The van der Waals surface area contributed by atoms with Crippen LogP contribution in [0.4, 0.5) is 0 Å². The van der Waals surface area contributed by atoms with Crippen molar-refractivity contribution in [2.24, 2.45) is 11.8 Å². The Hall–Kier alpha value is -1.10. The van der Waals surface area contributed by atoms with Gasteiger partial charge in [-0.1, -0.05) is 26.2 Å². The number of piperidine rings is 1. The molecule has 1 atom stereocenters. The molecule has 0 aromatic carbocycles. The highest BCUT2D eigenvalue weighted by atomic mass is 16.2. The van der Waals surface area contributed by atoms with E-state index >= 15 is 0 Å². The molecule has 5 nitrogen and oxygen atoms in total. The van der Waals surface area contributed by atoms with Gasteiger partial charge in [0.1, 0.15) is 0 Å². The smallest absolute Gasteiger partial charge is 0.227 e. The molecule has 1 saturated carbocycles. The van der Waals surface area contributed by atoms with Crippen molar-refractivity contribution in [1.82, 2.24) is 14.7 Å². The fourth-order valence-corrected chi connectivity index (χ4v) is 5.14. The number of hydrogen-bond acceptors (Lipinski definition) is 3. The molecule has 0 N–H and O–H groups in total. The first-order valence-electron chi connectivity index (χ1n) is 11.5. The van der Waals surface area contributed by atoms with Crippen molar-refractivity contribution >= 4 is 11.8 Å². The number of carbonyl (C=O) groups is 2.